The normalized spacial score (nSPS) is 15.9. The zero-order chi connectivity index (χ0) is 12.4. The van der Waals surface area contributed by atoms with E-state index in [-0.39, 0.29) is 12.2 Å². The fourth-order valence-electron chi connectivity index (χ4n) is 0.501. The van der Waals surface area contributed by atoms with Crippen molar-refractivity contribution in [2.75, 3.05) is 13.1 Å². The van der Waals surface area contributed by atoms with Gasteiger partial charge in [-0.1, -0.05) is 0 Å². The molecule has 6 heteroatoms. The van der Waals surface area contributed by atoms with Crippen LogP contribution in [0.25, 0.3) is 0 Å². The van der Waals surface area contributed by atoms with Gasteiger partial charge in [0.05, 0.1) is 12.2 Å². The number of aliphatic hydroxyl groups is 3. The number of hydrogen-bond donors (Lipinski definition) is 5. The summed E-state index contributed by atoms with van der Waals surface area (Å²) < 4.78 is 0. The van der Waals surface area contributed by atoms with E-state index in [1.165, 1.54) is 6.92 Å². The van der Waals surface area contributed by atoms with Gasteiger partial charge in [0.1, 0.15) is 6.10 Å². The summed E-state index contributed by atoms with van der Waals surface area (Å²) >= 11 is 0. The van der Waals surface area contributed by atoms with Crippen LogP contribution in [0.2, 0.25) is 0 Å². The summed E-state index contributed by atoms with van der Waals surface area (Å²) in [4.78, 5) is 9.45. The highest BCUT2D eigenvalue weighted by molar-refractivity contribution is 5.71. The Kier molecular flexibility index (Phi) is 11.0. The second kappa shape index (κ2) is 9.85. The minimum absolute atomic E-state index is 0.330. The summed E-state index contributed by atoms with van der Waals surface area (Å²) in [6, 6.07) is 0. The van der Waals surface area contributed by atoms with E-state index in [0.29, 0.717) is 13.1 Å². The Morgan fingerprint density at radius 1 is 1.07 bits per heavy atom. The number of aliphatic hydroxyl groups excluding tert-OH is 3. The molecule has 0 aliphatic carbocycles. The van der Waals surface area contributed by atoms with Gasteiger partial charge in [-0.15, -0.1) is 0 Å². The number of carboxylic acid groups (broad SMARTS) is 1. The van der Waals surface area contributed by atoms with Crippen molar-refractivity contribution in [2.24, 2.45) is 0 Å². The molecule has 0 bridgehead atoms. The van der Waals surface area contributed by atoms with Crippen molar-refractivity contribution in [3.8, 4) is 0 Å². The summed E-state index contributed by atoms with van der Waals surface area (Å²) in [7, 11) is 0. The number of nitrogens with one attached hydrogen (secondary N) is 1. The molecule has 0 heterocycles. The van der Waals surface area contributed by atoms with Crippen molar-refractivity contribution in [3.63, 3.8) is 0 Å². The average Bonchev–Trinajstić information content (AvgIpc) is 2.03. The van der Waals surface area contributed by atoms with Crippen LogP contribution in [-0.4, -0.2) is 57.8 Å². The Bertz CT molecular complexity index is 151. The van der Waals surface area contributed by atoms with Crippen LogP contribution in [0, 0.1) is 0 Å². The Hall–Kier alpha value is -0.690. The highest BCUT2D eigenvalue weighted by atomic mass is 16.4. The number of rotatable bonds is 5. The lowest BCUT2D eigenvalue weighted by molar-refractivity contribution is -0.145. The molecular weight excluding hydrogens is 202 g/mol. The summed E-state index contributed by atoms with van der Waals surface area (Å²) in [6.07, 6.45) is -1.89. The van der Waals surface area contributed by atoms with Gasteiger partial charge in [-0.05, 0) is 20.8 Å². The van der Waals surface area contributed by atoms with Crippen molar-refractivity contribution in [1.29, 1.82) is 0 Å². The molecule has 5 N–H and O–H groups in total. The number of carboxylic acids is 1. The average molecular weight is 223 g/mol. The summed E-state index contributed by atoms with van der Waals surface area (Å²) in [6.45, 7) is 5.70. The van der Waals surface area contributed by atoms with E-state index in [1.807, 2.05) is 0 Å². The summed E-state index contributed by atoms with van der Waals surface area (Å²) in [5.41, 5.74) is 0. The molecule has 0 aliphatic rings. The predicted octanol–water partition coefficient (Wildman–Crippen LogP) is -1.21. The Balaban J connectivity index is 0. The fourth-order valence-corrected chi connectivity index (χ4v) is 0.501. The Labute approximate surface area is 89.6 Å². The minimum Gasteiger partial charge on any atom is -0.479 e. The van der Waals surface area contributed by atoms with Crippen LogP contribution < -0.4 is 5.32 Å². The summed E-state index contributed by atoms with van der Waals surface area (Å²) in [5, 5.41) is 36.1. The zero-order valence-electron chi connectivity index (χ0n) is 9.34. The second-order valence-electron chi connectivity index (χ2n) is 3.37. The lowest BCUT2D eigenvalue weighted by Gasteiger charge is -2.07. The van der Waals surface area contributed by atoms with Crippen molar-refractivity contribution in [1.82, 2.24) is 5.32 Å². The zero-order valence-corrected chi connectivity index (χ0v) is 9.34. The molecule has 0 aliphatic heterocycles. The quantitative estimate of drug-likeness (QED) is 0.400. The van der Waals surface area contributed by atoms with Gasteiger partial charge < -0.3 is 25.7 Å². The molecule has 0 radical (unpaired) electrons. The molecule has 3 unspecified atom stereocenters. The second-order valence-corrected chi connectivity index (χ2v) is 3.37. The third-order valence-corrected chi connectivity index (χ3v) is 1.24. The first-order valence-corrected chi connectivity index (χ1v) is 4.75. The standard InChI is InChI=1S/C6H15NO2.C3H6O3/c1-5(8)3-7-4-6(2)9;1-2(4)3(5)6/h5-9H,3-4H2,1-2H3;2,4H,1H3,(H,5,6). The molecule has 92 valence electrons. The Morgan fingerprint density at radius 2 is 1.33 bits per heavy atom. The van der Waals surface area contributed by atoms with Crippen LogP contribution in [0.3, 0.4) is 0 Å². The van der Waals surface area contributed by atoms with E-state index in [1.54, 1.807) is 13.8 Å². The molecule has 15 heavy (non-hydrogen) atoms. The molecule has 0 saturated carbocycles. The predicted molar refractivity (Wildman–Crippen MR) is 55.5 cm³/mol. The number of aliphatic carboxylic acids is 1. The molecule has 0 aromatic heterocycles. The first-order valence-electron chi connectivity index (χ1n) is 4.75. The van der Waals surface area contributed by atoms with Crippen LogP contribution in [0.1, 0.15) is 20.8 Å². The summed E-state index contributed by atoms with van der Waals surface area (Å²) in [5.74, 6) is -1.19. The number of carbonyl (C=O) groups is 1. The maximum atomic E-state index is 9.45. The maximum absolute atomic E-state index is 9.45. The molecule has 0 amide bonds. The highest BCUT2D eigenvalue weighted by Gasteiger charge is 2.01. The maximum Gasteiger partial charge on any atom is 0.332 e. The van der Waals surface area contributed by atoms with Gasteiger partial charge in [0.25, 0.3) is 0 Å². The van der Waals surface area contributed by atoms with Gasteiger partial charge in [-0.3, -0.25) is 0 Å². The van der Waals surface area contributed by atoms with E-state index in [2.05, 4.69) is 5.32 Å². The van der Waals surface area contributed by atoms with Gasteiger partial charge in [0.15, 0.2) is 0 Å². The highest BCUT2D eigenvalue weighted by Crippen LogP contribution is 1.77. The Morgan fingerprint density at radius 3 is 1.47 bits per heavy atom. The molecular formula is C9H21NO5. The van der Waals surface area contributed by atoms with E-state index < -0.39 is 12.1 Å². The van der Waals surface area contributed by atoms with Crippen molar-refractivity contribution in [3.05, 3.63) is 0 Å². The van der Waals surface area contributed by atoms with Crippen LogP contribution >= 0.6 is 0 Å². The van der Waals surface area contributed by atoms with Crippen LogP contribution in [0.4, 0.5) is 0 Å². The van der Waals surface area contributed by atoms with E-state index in [4.69, 9.17) is 20.4 Å². The lowest BCUT2D eigenvalue weighted by atomic mass is 10.3. The largest absolute Gasteiger partial charge is 0.479 e. The topological polar surface area (TPSA) is 110 Å². The van der Waals surface area contributed by atoms with Gasteiger partial charge in [0.2, 0.25) is 0 Å². The molecule has 0 fully saturated rings. The first kappa shape index (κ1) is 16.7. The molecule has 0 spiro atoms. The van der Waals surface area contributed by atoms with Crippen molar-refractivity contribution >= 4 is 5.97 Å². The molecule has 0 aromatic carbocycles. The number of hydrogen-bond acceptors (Lipinski definition) is 5. The van der Waals surface area contributed by atoms with Gasteiger partial charge in [-0.2, -0.15) is 0 Å². The van der Waals surface area contributed by atoms with Crippen molar-refractivity contribution < 1.29 is 25.2 Å². The van der Waals surface area contributed by atoms with E-state index in [0.717, 1.165) is 0 Å². The fraction of sp³-hybridized carbons (Fsp3) is 0.889. The van der Waals surface area contributed by atoms with Gasteiger partial charge >= 0.3 is 5.97 Å². The van der Waals surface area contributed by atoms with Gasteiger partial charge in [-0.25, -0.2) is 4.79 Å². The third-order valence-electron chi connectivity index (χ3n) is 1.24. The first-order chi connectivity index (χ1) is 6.77. The van der Waals surface area contributed by atoms with Crippen LogP contribution in [-0.2, 0) is 4.79 Å². The lowest BCUT2D eigenvalue weighted by Crippen LogP contribution is -2.30. The molecule has 6 nitrogen and oxygen atoms in total. The van der Waals surface area contributed by atoms with E-state index in [9.17, 15) is 4.79 Å². The molecule has 0 saturated heterocycles. The molecule has 3 atom stereocenters. The van der Waals surface area contributed by atoms with E-state index >= 15 is 0 Å². The van der Waals surface area contributed by atoms with Gasteiger partial charge in [0, 0.05) is 13.1 Å². The molecule has 0 aromatic rings. The third kappa shape index (κ3) is 19.6. The van der Waals surface area contributed by atoms with Crippen molar-refractivity contribution in [2.45, 2.75) is 39.1 Å². The minimum atomic E-state index is -1.23. The smallest absolute Gasteiger partial charge is 0.332 e. The van der Waals surface area contributed by atoms with Crippen LogP contribution in [0.15, 0.2) is 0 Å². The SMILES string of the molecule is CC(O)C(=O)O.CC(O)CNCC(C)O. The molecule has 0 rings (SSSR count). The van der Waals surface area contributed by atoms with Crippen LogP contribution in [0.5, 0.6) is 0 Å². The monoisotopic (exact) mass is 223 g/mol.